The third kappa shape index (κ3) is 1.51. The van der Waals surface area contributed by atoms with Crippen LogP contribution in [0.1, 0.15) is 0 Å². The van der Waals surface area contributed by atoms with Gasteiger partial charge in [-0.1, -0.05) is 3.97 Å². The second-order valence-electron chi connectivity index (χ2n) is 1.84. The highest BCUT2D eigenvalue weighted by Gasteiger charge is 2.11. The number of hydrogen-bond acceptors (Lipinski definition) is 3. The lowest BCUT2D eigenvalue weighted by molar-refractivity contribution is -0.511. The third-order valence-corrected chi connectivity index (χ3v) is 1.99. The van der Waals surface area contributed by atoms with Gasteiger partial charge in [0.2, 0.25) is 12.4 Å². The van der Waals surface area contributed by atoms with Gasteiger partial charge in [-0.05, 0) is 0 Å². The quantitative estimate of drug-likeness (QED) is 0.503. The van der Waals surface area contributed by atoms with Crippen LogP contribution in [0.25, 0.3) is 0 Å². The Morgan fingerprint density at radius 1 is 1.30 bits per heavy atom. The van der Waals surface area contributed by atoms with Gasteiger partial charge in [0.15, 0.2) is 0 Å². The molecule has 54 valence electrons. The molecule has 0 aromatic carbocycles. The van der Waals surface area contributed by atoms with Crippen LogP contribution in [0.5, 0.6) is 0 Å². The summed E-state index contributed by atoms with van der Waals surface area (Å²) in [5.74, 6) is 0. The van der Waals surface area contributed by atoms with E-state index in [0.29, 0.717) is 0 Å². The Labute approximate surface area is 59.2 Å². The van der Waals surface area contributed by atoms with Crippen LogP contribution in [0, 0.1) is 0 Å². The van der Waals surface area contributed by atoms with Crippen LogP contribution in [0.2, 0.25) is 0 Å². The zero-order chi connectivity index (χ0) is 7.61. The Morgan fingerprint density at radius 3 is 2.10 bits per heavy atom. The maximum absolute atomic E-state index is 10.8. The summed E-state index contributed by atoms with van der Waals surface area (Å²) in [5, 5.41) is 0. The van der Waals surface area contributed by atoms with Gasteiger partial charge in [0.1, 0.15) is 0 Å². The number of rotatable bonds is 1. The first-order valence-electron chi connectivity index (χ1n) is 2.62. The number of hydrogen-bond donors (Lipinski definition) is 0. The molecule has 5 heteroatoms. The van der Waals surface area contributed by atoms with Crippen molar-refractivity contribution in [2.75, 3.05) is 6.26 Å². The van der Waals surface area contributed by atoms with Gasteiger partial charge in [-0.25, -0.2) is 0 Å². The minimum Gasteiger partial charge on any atom is -0.252 e. The fourth-order valence-electron chi connectivity index (χ4n) is 0.529. The second-order valence-corrected chi connectivity index (χ2v) is 3.73. The predicted molar refractivity (Wildman–Crippen MR) is 34.7 cm³/mol. The van der Waals surface area contributed by atoms with E-state index >= 15 is 0 Å². The third-order valence-electron chi connectivity index (χ3n) is 0.982. The molecule has 0 radical (unpaired) electrons. The molecule has 0 amide bonds. The van der Waals surface area contributed by atoms with Gasteiger partial charge in [-0.3, -0.25) is 4.98 Å². The zero-order valence-electron chi connectivity index (χ0n) is 5.43. The van der Waals surface area contributed by atoms with E-state index in [2.05, 4.69) is 4.98 Å². The monoisotopic (exact) mass is 159 g/mol. The highest BCUT2D eigenvalue weighted by Crippen LogP contribution is 1.75. The van der Waals surface area contributed by atoms with Crippen molar-refractivity contribution in [2.45, 2.75) is 0 Å². The molecule has 1 aromatic rings. The van der Waals surface area contributed by atoms with E-state index in [9.17, 15) is 8.42 Å². The smallest absolute Gasteiger partial charge is 0.252 e. The van der Waals surface area contributed by atoms with Gasteiger partial charge in [-0.2, -0.15) is 8.42 Å². The molecular formula is C5H7N2O2S+. The molecule has 1 rings (SSSR count). The van der Waals surface area contributed by atoms with E-state index in [1.807, 2.05) is 0 Å². The van der Waals surface area contributed by atoms with Gasteiger partial charge in [0.05, 0.1) is 18.6 Å². The Balaban J connectivity index is 3.22. The molecular weight excluding hydrogens is 152 g/mol. The zero-order valence-corrected chi connectivity index (χ0v) is 6.25. The second kappa shape index (κ2) is 2.34. The molecule has 0 spiro atoms. The normalized spacial score (nSPS) is 11.3. The molecule has 0 aliphatic heterocycles. The summed E-state index contributed by atoms with van der Waals surface area (Å²) in [6, 6.07) is 0. The van der Waals surface area contributed by atoms with E-state index in [1.165, 1.54) is 24.8 Å². The topological polar surface area (TPSA) is 50.9 Å². The Morgan fingerprint density at radius 2 is 1.80 bits per heavy atom. The van der Waals surface area contributed by atoms with Crippen molar-refractivity contribution in [3.05, 3.63) is 24.8 Å². The molecule has 0 bridgehead atoms. The summed E-state index contributed by atoms with van der Waals surface area (Å²) in [7, 11) is -3.13. The van der Waals surface area contributed by atoms with Crippen molar-refractivity contribution in [1.29, 1.82) is 0 Å². The van der Waals surface area contributed by atoms with Gasteiger partial charge in [0.25, 0.3) is 0 Å². The van der Waals surface area contributed by atoms with Crippen LogP contribution in [-0.4, -0.2) is 19.7 Å². The molecule has 10 heavy (non-hydrogen) atoms. The molecule has 0 unspecified atom stereocenters. The van der Waals surface area contributed by atoms with Gasteiger partial charge in [-0.15, -0.1) is 0 Å². The van der Waals surface area contributed by atoms with E-state index in [0.717, 1.165) is 10.2 Å². The first-order valence-corrected chi connectivity index (χ1v) is 4.47. The lowest BCUT2D eigenvalue weighted by Gasteiger charge is -1.87. The maximum atomic E-state index is 10.8. The molecule has 0 saturated heterocycles. The molecule has 0 atom stereocenters. The highest BCUT2D eigenvalue weighted by atomic mass is 32.2. The van der Waals surface area contributed by atoms with Crippen molar-refractivity contribution in [3.63, 3.8) is 0 Å². The summed E-state index contributed by atoms with van der Waals surface area (Å²) in [6.07, 6.45) is 6.74. The lowest BCUT2D eigenvalue weighted by atomic mass is 10.8. The van der Waals surface area contributed by atoms with E-state index in [-0.39, 0.29) is 0 Å². The van der Waals surface area contributed by atoms with E-state index in [1.54, 1.807) is 0 Å². The van der Waals surface area contributed by atoms with Crippen LogP contribution >= 0.6 is 0 Å². The summed E-state index contributed by atoms with van der Waals surface area (Å²) in [6.45, 7) is 0. The summed E-state index contributed by atoms with van der Waals surface area (Å²) < 4.78 is 22.6. The molecule has 0 aliphatic carbocycles. The Hall–Kier alpha value is -0.970. The van der Waals surface area contributed by atoms with Crippen LogP contribution in [-0.2, 0) is 10.0 Å². The Kier molecular flexibility index (Phi) is 1.67. The molecule has 0 aliphatic rings. The van der Waals surface area contributed by atoms with Crippen LogP contribution < -0.4 is 3.97 Å². The standard InChI is InChI=1S/C5H7N2O2S/c1-10(8,9)7-4-2-6-3-5-7/h2-5H,1H3/q+1. The fourth-order valence-corrected chi connectivity index (χ4v) is 1.08. The minimum absolute atomic E-state index is 1.10. The van der Waals surface area contributed by atoms with Crippen molar-refractivity contribution in [1.82, 2.24) is 4.98 Å². The van der Waals surface area contributed by atoms with Gasteiger partial charge >= 0.3 is 10.0 Å². The summed E-state index contributed by atoms with van der Waals surface area (Å²) >= 11 is 0. The number of aromatic nitrogens is 2. The van der Waals surface area contributed by atoms with Crippen molar-refractivity contribution >= 4 is 10.0 Å². The first-order chi connectivity index (χ1) is 4.61. The molecule has 0 N–H and O–H groups in total. The van der Waals surface area contributed by atoms with Gasteiger partial charge < -0.3 is 0 Å². The van der Waals surface area contributed by atoms with E-state index < -0.39 is 10.0 Å². The maximum Gasteiger partial charge on any atom is 0.366 e. The molecule has 4 nitrogen and oxygen atoms in total. The first kappa shape index (κ1) is 7.14. The molecule has 0 saturated carbocycles. The van der Waals surface area contributed by atoms with Crippen LogP contribution in [0.15, 0.2) is 24.8 Å². The summed E-state index contributed by atoms with van der Waals surface area (Å²) in [4.78, 5) is 3.67. The van der Waals surface area contributed by atoms with Crippen molar-refractivity contribution in [2.24, 2.45) is 0 Å². The van der Waals surface area contributed by atoms with E-state index in [4.69, 9.17) is 0 Å². The lowest BCUT2D eigenvalue weighted by Crippen LogP contribution is -2.40. The minimum atomic E-state index is -3.13. The van der Waals surface area contributed by atoms with Gasteiger partial charge in [0, 0.05) is 0 Å². The van der Waals surface area contributed by atoms with Crippen LogP contribution in [0.3, 0.4) is 0 Å². The number of nitrogens with zero attached hydrogens (tertiary/aromatic N) is 2. The Bertz CT molecular complexity index is 306. The highest BCUT2D eigenvalue weighted by molar-refractivity contribution is 7.84. The molecule has 1 heterocycles. The average molecular weight is 159 g/mol. The predicted octanol–water partition coefficient (Wildman–Crippen LogP) is -0.823. The SMILES string of the molecule is CS(=O)(=O)[n+]1ccncc1. The average Bonchev–Trinajstić information content (AvgIpc) is 1.88. The molecule has 1 aromatic heterocycles. The van der Waals surface area contributed by atoms with Crippen LogP contribution in [0.4, 0.5) is 0 Å². The largest absolute Gasteiger partial charge is 0.366 e. The molecule has 0 fully saturated rings. The van der Waals surface area contributed by atoms with Crippen molar-refractivity contribution in [3.8, 4) is 0 Å². The van der Waals surface area contributed by atoms with Crippen molar-refractivity contribution < 1.29 is 12.4 Å². The fraction of sp³-hybridized carbons (Fsp3) is 0.200. The summed E-state index contributed by atoms with van der Waals surface area (Å²) in [5.41, 5.74) is 0.